The summed E-state index contributed by atoms with van der Waals surface area (Å²) in [6, 6.07) is 7.99. The summed E-state index contributed by atoms with van der Waals surface area (Å²) < 4.78 is 0. The second-order valence-corrected chi connectivity index (χ2v) is 6.31. The van der Waals surface area contributed by atoms with Crippen LogP contribution in [0.3, 0.4) is 0 Å². The van der Waals surface area contributed by atoms with Crippen molar-refractivity contribution in [2.45, 2.75) is 51.7 Å². The number of carbonyl (C=O) groups excluding carboxylic acids is 1. The summed E-state index contributed by atoms with van der Waals surface area (Å²) in [6.45, 7) is 7.71. The molecule has 2 amide bonds. The van der Waals surface area contributed by atoms with Crippen LogP contribution in [0.4, 0.5) is 16.2 Å². The first-order valence-electron chi connectivity index (χ1n) is 8.07. The minimum Gasteiger partial charge on any atom is -0.388 e. The lowest BCUT2D eigenvalue weighted by atomic mass is 9.80. The quantitative estimate of drug-likeness (QED) is 0.757. The molecular weight excluding hydrogens is 278 g/mol. The van der Waals surface area contributed by atoms with Gasteiger partial charge >= 0.3 is 6.03 Å². The number of hydrogen-bond donors (Lipinski definition) is 3. The van der Waals surface area contributed by atoms with Crippen molar-refractivity contribution in [3.63, 3.8) is 0 Å². The topological polar surface area (TPSA) is 64.6 Å². The SMILES string of the molecule is CCN(c1ccc(NC(=O)NCC2(O)CCC2)cc1)C(C)C. The Morgan fingerprint density at radius 1 is 1.32 bits per heavy atom. The predicted octanol–water partition coefficient (Wildman–Crippen LogP) is 2.96. The molecule has 0 heterocycles. The maximum absolute atomic E-state index is 11.8. The van der Waals surface area contributed by atoms with Crippen LogP contribution < -0.4 is 15.5 Å². The third-order valence-electron chi connectivity index (χ3n) is 4.28. The Labute approximate surface area is 132 Å². The number of amides is 2. The molecule has 0 spiro atoms. The van der Waals surface area contributed by atoms with Crippen LogP contribution in [0.5, 0.6) is 0 Å². The summed E-state index contributed by atoms with van der Waals surface area (Å²) >= 11 is 0. The molecule has 1 saturated carbocycles. The first-order valence-corrected chi connectivity index (χ1v) is 8.07. The van der Waals surface area contributed by atoms with E-state index in [9.17, 15) is 9.90 Å². The predicted molar refractivity (Wildman–Crippen MR) is 90.4 cm³/mol. The number of nitrogens with one attached hydrogen (secondary N) is 2. The van der Waals surface area contributed by atoms with Gasteiger partial charge in [0.15, 0.2) is 0 Å². The lowest BCUT2D eigenvalue weighted by Gasteiger charge is -2.36. The zero-order chi connectivity index (χ0) is 16.2. The second kappa shape index (κ2) is 7.01. The maximum Gasteiger partial charge on any atom is 0.319 e. The number of rotatable bonds is 6. The summed E-state index contributed by atoms with van der Waals surface area (Å²) in [6.07, 6.45) is 2.57. The normalized spacial score (nSPS) is 16.0. The van der Waals surface area contributed by atoms with Gasteiger partial charge in [-0.2, -0.15) is 0 Å². The van der Waals surface area contributed by atoms with Gasteiger partial charge in [-0.05, 0) is 64.3 Å². The molecule has 1 aliphatic rings. The smallest absolute Gasteiger partial charge is 0.319 e. The van der Waals surface area contributed by atoms with E-state index in [1.165, 1.54) is 0 Å². The summed E-state index contributed by atoms with van der Waals surface area (Å²) in [5.41, 5.74) is 1.20. The van der Waals surface area contributed by atoms with E-state index in [2.05, 4.69) is 36.3 Å². The molecule has 0 bridgehead atoms. The van der Waals surface area contributed by atoms with Crippen molar-refractivity contribution in [1.29, 1.82) is 0 Å². The summed E-state index contributed by atoms with van der Waals surface area (Å²) in [5.74, 6) is 0. The second-order valence-electron chi connectivity index (χ2n) is 6.31. The average Bonchev–Trinajstić information content (AvgIpc) is 2.45. The lowest BCUT2D eigenvalue weighted by Crippen LogP contribution is -2.48. The Balaban J connectivity index is 1.86. The summed E-state index contributed by atoms with van der Waals surface area (Å²) in [7, 11) is 0. The molecule has 5 heteroatoms. The largest absolute Gasteiger partial charge is 0.388 e. The number of nitrogens with zero attached hydrogens (tertiary/aromatic N) is 1. The number of carbonyl (C=O) groups is 1. The van der Waals surface area contributed by atoms with Crippen LogP contribution >= 0.6 is 0 Å². The van der Waals surface area contributed by atoms with E-state index >= 15 is 0 Å². The molecule has 1 aromatic rings. The highest BCUT2D eigenvalue weighted by atomic mass is 16.3. The Bertz CT molecular complexity index is 495. The summed E-state index contributed by atoms with van der Waals surface area (Å²) in [5, 5.41) is 15.5. The minimum absolute atomic E-state index is 0.274. The first kappa shape index (κ1) is 16.6. The van der Waals surface area contributed by atoms with E-state index in [0.717, 1.165) is 37.2 Å². The van der Waals surface area contributed by atoms with Crippen molar-refractivity contribution < 1.29 is 9.90 Å². The van der Waals surface area contributed by atoms with Crippen LogP contribution in [-0.4, -0.2) is 35.9 Å². The molecule has 1 aromatic carbocycles. The molecule has 0 unspecified atom stereocenters. The summed E-state index contributed by atoms with van der Waals surface area (Å²) in [4.78, 5) is 14.1. The fourth-order valence-electron chi connectivity index (χ4n) is 2.76. The monoisotopic (exact) mass is 305 g/mol. The van der Waals surface area contributed by atoms with Crippen LogP contribution in [0, 0.1) is 0 Å². The zero-order valence-corrected chi connectivity index (χ0v) is 13.7. The standard InChI is InChI=1S/C17H27N3O2/c1-4-20(13(2)3)15-8-6-14(7-9-15)19-16(21)18-12-17(22)10-5-11-17/h6-9,13,22H,4-5,10-12H2,1-3H3,(H2,18,19,21). The van der Waals surface area contributed by atoms with Crippen molar-refractivity contribution in [2.24, 2.45) is 0 Å². The molecule has 122 valence electrons. The van der Waals surface area contributed by atoms with E-state index in [1.807, 2.05) is 24.3 Å². The van der Waals surface area contributed by atoms with Gasteiger partial charge < -0.3 is 20.6 Å². The molecule has 0 atom stereocenters. The zero-order valence-electron chi connectivity index (χ0n) is 13.7. The Morgan fingerprint density at radius 3 is 2.41 bits per heavy atom. The van der Waals surface area contributed by atoms with Gasteiger partial charge in [-0.15, -0.1) is 0 Å². The van der Waals surface area contributed by atoms with Gasteiger partial charge in [0.05, 0.1) is 5.60 Å². The third-order valence-corrected chi connectivity index (χ3v) is 4.28. The highest BCUT2D eigenvalue weighted by molar-refractivity contribution is 5.89. The lowest BCUT2D eigenvalue weighted by molar-refractivity contribution is -0.0287. The molecule has 3 N–H and O–H groups in total. The molecule has 5 nitrogen and oxygen atoms in total. The average molecular weight is 305 g/mol. The molecule has 0 aliphatic heterocycles. The third kappa shape index (κ3) is 4.13. The van der Waals surface area contributed by atoms with Gasteiger partial charge in [0, 0.05) is 30.5 Å². The molecule has 2 rings (SSSR count). The van der Waals surface area contributed by atoms with Crippen LogP contribution in [0.1, 0.15) is 40.0 Å². The minimum atomic E-state index is -0.694. The fraction of sp³-hybridized carbons (Fsp3) is 0.588. The highest BCUT2D eigenvalue weighted by Gasteiger charge is 2.34. The molecule has 0 saturated heterocycles. The van der Waals surface area contributed by atoms with Crippen molar-refractivity contribution in [3.05, 3.63) is 24.3 Å². The Morgan fingerprint density at radius 2 is 1.95 bits per heavy atom. The molecule has 1 aliphatic carbocycles. The van der Waals surface area contributed by atoms with Crippen LogP contribution in [0.25, 0.3) is 0 Å². The number of aliphatic hydroxyl groups is 1. The van der Waals surface area contributed by atoms with E-state index < -0.39 is 5.60 Å². The van der Waals surface area contributed by atoms with E-state index in [0.29, 0.717) is 12.6 Å². The van der Waals surface area contributed by atoms with Crippen molar-refractivity contribution >= 4 is 17.4 Å². The number of hydrogen-bond acceptors (Lipinski definition) is 3. The van der Waals surface area contributed by atoms with Gasteiger partial charge in [-0.3, -0.25) is 0 Å². The van der Waals surface area contributed by atoms with Gasteiger partial charge in [0.25, 0.3) is 0 Å². The maximum atomic E-state index is 11.8. The van der Waals surface area contributed by atoms with Crippen molar-refractivity contribution in [1.82, 2.24) is 5.32 Å². The fourth-order valence-corrected chi connectivity index (χ4v) is 2.76. The Hall–Kier alpha value is -1.75. The molecule has 1 fully saturated rings. The Kier molecular flexibility index (Phi) is 5.29. The number of benzene rings is 1. The molecular formula is C17H27N3O2. The molecule has 22 heavy (non-hydrogen) atoms. The first-order chi connectivity index (χ1) is 10.4. The number of urea groups is 1. The number of anilines is 2. The van der Waals surface area contributed by atoms with E-state index in [-0.39, 0.29) is 6.03 Å². The van der Waals surface area contributed by atoms with E-state index in [4.69, 9.17) is 0 Å². The van der Waals surface area contributed by atoms with Gasteiger partial charge in [-0.1, -0.05) is 0 Å². The van der Waals surface area contributed by atoms with Gasteiger partial charge in [-0.25, -0.2) is 4.79 Å². The van der Waals surface area contributed by atoms with Crippen molar-refractivity contribution in [3.8, 4) is 0 Å². The molecule has 0 aromatic heterocycles. The van der Waals surface area contributed by atoms with Gasteiger partial charge in [0.2, 0.25) is 0 Å². The molecule has 0 radical (unpaired) electrons. The van der Waals surface area contributed by atoms with Crippen molar-refractivity contribution in [2.75, 3.05) is 23.3 Å². The van der Waals surface area contributed by atoms with Crippen LogP contribution in [0.15, 0.2) is 24.3 Å². The van der Waals surface area contributed by atoms with Crippen LogP contribution in [0.2, 0.25) is 0 Å². The highest BCUT2D eigenvalue weighted by Crippen LogP contribution is 2.30. The van der Waals surface area contributed by atoms with E-state index in [1.54, 1.807) is 0 Å². The van der Waals surface area contributed by atoms with Gasteiger partial charge in [0.1, 0.15) is 0 Å². The van der Waals surface area contributed by atoms with Crippen LogP contribution in [-0.2, 0) is 0 Å².